The number of hydrogen-bond donors (Lipinski definition) is 1. The first kappa shape index (κ1) is 28.9. The van der Waals surface area contributed by atoms with Crippen LogP contribution in [-0.2, 0) is 0 Å². The van der Waals surface area contributed by atoms with E-state index < -0.39 is 12.0 Å². The highest BCUT2D eigenvalue weighted by atomic mass is 19.1. The Morgan fingerprint density at radius 1 is 1.09 bits per heavy atom. The van der Waals surface area contributed by atoms with Crippen molar-refractivity contribution in [3.05, 3.63) is 60.0 Å². The van der Waals surface area contributed by atoms with E-state index in [-0.39, 0.29) is 17.0 Å². The molecule has 4 heterocycles. The summed E-state index contributed by atoms with van der Waals surface area (Å²) < 4.78 is 37.9. The molecule has 228 valence electrons. The molecule has 4 aromatic rings. The second-order valence-electron chi connectivity index (χ2n) is 13.4. The summed E-state index contributed by atoms with van der Waals surface area (Å²) in [6.07, 6.45) is 11.4. The van der Waals surface area contributed by atoms with Crippen LogP contribution in [0.15, 0.2) is 48.7 Å². The molecule has 3 fully saturated rings. The van der Waals surface area contributed by atoms with E-state index in [1.54, 1.807) is 18.3 Å². The predicted molar refractivity (Wildman–Crippen MR) is 173 cm³/mol. The Hall–Kier alpha value is -3.89. The molecule has 44 heavy (non-hydrogen) atoms. The number of rotatable bonds is 5. The van der Waals surface area contributed by atoms with Crippen molar-refractivity contribution in [2.75, 3.05) is 37.7 Å². The van der Waals surface area contributed by atoms with Gasteiger partial charge in [0.1, 0.15) is 30.0 Å². The van der Waals surface area contributed by atoms with E-state index in [2.05, 4.69) is 34.6 Å². The molecular formula is C37H39F2N3O2. The number of nitrogens with zero attached hydrogens (tertiary/aromatic N) is 3. The van der Waals surface area contributed by atoms with Crippen molar-refractivity contribution < 1.29 is 18.6 Å². The van der Waals surface area contributed by atoms with Crippen LogP contribution in [0.25, 0.3) is 32.8 Å². The van der Waals surface area contributed by atoms with E-state index in [0.717, 1.165) is 51.0 Å². The van der Waals surface area contributed by atoms with Crippen LogP contribution in [0.3, 0.4) is 0 Å². The average Bonchev–Trinajstić information content (AvgIpc) is 3.47. The van der Waals surface area contributed by atoms with Crippen molar-refractivity contribution >= 4 is 27.2 Å². The third-order valence-electron chi connectivity index (χ3n) is 10.1. The molecule has 7 rings (SSSR count). The van der Waals surface area contributed by atoms with Gasteiger partial charge in [0.15, 0.2) is 5.82 Å². The van der Waals surface area contributed by atoms with Crippen LogP contribution >= 0.6 is 0 Å². The van der Waals surface area contributed by atoms with Gasteiger partial charge in [0.05, 0.1) is 5.54 Å². The molecule has 0 saturated carbocycles. The van der Waals surface area contributed by atoms with Crippen LogP contribution in [0.2, 0.25) is 0 Å². The summed E-state index contributed by atoms with van der Waals surface area (Å²) in [6.45, 7) is 7.96. The van der Waals surface area contributed by atoms with Crippen LogP contribution in [0.5, 0.6) is 11.5 Å². The van der Waals surface area contributed by atoms with Gasteiger partial charge in [-0.2, -0.15) is 0 Å². The molecule has 1 aromatic heterocycles. The number of fused-ring (bicyclic) bond motifs is 3. The maximum absolute atomic E-state index is 16.9. The van der Waals surface area contributed by atoms with Crippen molar-refractivity contribution in [3.8, 4) is 35.1 Å². The molecule has 0 amide bonds. The Kier molecular flexibility index (Phi) is 7.37. The van der Waals surface area contributed by atoms with E-state index in [1.165, 1.54) is 6.07 Å². The fraction of sp³-hybridized carbons (Fsp3) is 0.432. The normalized spacial score (nSPS) is 25.7. The van der Waals surface area contributed by atoms with Crippen LogP contribution < -0.4 is 9.64 Å². The molecule has 0 spiro atoms. The molecule has 1 N–H and O–H groups in total. The highest BCUT2D eigenvalue weighted by Gasteiger charge is 2.49. The van der Waals surface area contributed by atoms with Gasteiger partial charge in [0.25, 0.3) is 0 Å². The van der Waals surface area contributed by atoms with Gasteiger partial charge in [-0.1, -0.05) is 31.9 Å². The number of hydrogen-bond acceptors (Lipinski definition) is 5. The fourth-order valence-corrected chi connectivity index (χ4v) is 7.94. The molecule has 3 aliphatic rings. The van der Waals surface area contributed by atoms with Gasteiger partial charge in [-0.3, -0.25) is 9.88 Å². The number of phenols is 1. The third-order valence-corrected chi connectivity index (χ3v) is 10.1. The smallest absolute Gasteiger partial charge is 0.157 e. The van der Waals surface area contributed by atoms with E-state index in [1.807, 2.05) is 24.3 Å². The second kappa shape index (κ2) is 11.2. The van der Waals surface area contributed by atoms with E-state index in [4.69, 9.17) is 11.2 Å². The minimum Gasteiger partial charge on any atom is -0.508 e. The van der Waals surface area contributed by atoms with Gasteiger partial charge in [-0.25, -0.2) is 8.78 Å². The number of halogens is 2. The Labute approximate surface area is 257 Å². The molecule has 7 heteroatoms. The lowest BCUT2D eigenvalue weighted by atomic mass is 9.94. The quantitative estimate of drug-likeness (QED) is 0.240. The number of aromatic nitrogens is 1. The molecule has 0 aliphatic carbocycles. The van der Waals surface area contributed by atoms with Crippen molar-refractivity contribution in [1.82, 2.24) is 9.88 Å². The lowest BCUT2D eigenvalue weighted by Gasteiger charge is -2.32. The standard InChI is InChI=1S/C37H39F2N3O2/c1-4-25-7-5-8-26-13-28(43)14-31(34(25)26)36-35(39)30-15-29(44-22-37-11-6-12-42(37)21-27(38)17-37)16-33(32(30)18-40-36)41-19-23(2)9-10-24(3)20-41/h1,5,7-8,13-16,18,23-24,27,43H,6,9-12,17,19-22H2,2-3H3/t23?,24?,27-,37+/m1/s1. The summed E-state index contributed by atoms with van der Waals surface area (Å²) in [5.74, 6) is 3.78. The maximum atomic E-state index is 16.9. The van der Waals surface area contributed by atoms with E-state index in [9.17, 15) is 9.50 Å². The second-order valence-corrected chi connectivity index (χ2v) is 13.4. The zero-order chi connectivity index (χ0) is 30.6. The van der Waals surface area contributed by atoms with E-state index >= 15 is 4.39 Å². The number of pyridine rings is 1. The summed E-state index contributed by atoms with van der Waals surface area (Å²) in [6, 6.07) is 12.4. The fourth-order valence-electron chi connectivity index (χ4n) is 7.94. The maximum Gasteiger partial charge on any atom is 0.157 e. The van der Waals surface area contributed by atoms with E-state index in [0.29, 0.717) is 69.8 Å². The van der Waals surface area contributed by atoms with Crippen molar-refractivity contribution in [3.63, 3.8) is 0 Å². The third kappa shape index (κ3) is 5.03. The van der Waals surface area contributed by atoms with Crippen LogP contribution in [0, 0.1) is 30.0 Å². The molecule has 4 atom stereocenters. The van der Waals surface area contributed by atoms with Gasteiger partial charge >= 0.3 is 0 Å². The topological polar surface area (TPSA) is 48.8 Å². The van der Waals surface area contributed by atoms with Crippen LogP contribution in [-0.4, -0.2) is 59.5 Å². The first-order valence-electron chi connectivity index (χ1n) is 15.9. The molecular weight excluding hydrogens is 556 g/mol. The van der Waals surface area contributed by atoms with Gasteiger partial charge < -0.3 is 14.7 Å². The molecule has 0 radical (unpaired) electrons. The van der Waals surface area contributed by atoms with Gasteiger partial charge in [-0.15, -0.1) is 6.42 Å². The Bertz CT molecular complexity index is 1770. The largest absolute Gasteiger partial charge is 0.508 e. The van der Waals surface area contributed by atoms with Crippen LogP contribution in [0.4, 0.5) is 14.5 Å². The minimum atomic E-state index is -0.845. The molecule has 0 bridgehead atoms. The Balaban J connectivity index is 1.38. The highest BCUT2D eigenvalue weighted by Crippen LogP contribution is 2.43. The minimum absolute atomic E-state index is 0.0105. The zero-order valence-electron chi connectivity index (χ0n) is 25.5. The number of phenolic OH excluding ortho intramolecular Hbond substituents is 1. The Morgan fingerprint density at radius 2 is 1.89 bits per heavy atom. The van der Waals surface area contributed by atoms with Gasteiger partial charge in [0, 0.05) is 71.3 Å². The number of benzene rings is 3. The summed E-state index contributed by atoms with van der Waals surface area (Å²) in [5, 5.41) is 13.1. The molecule has 5 nitrogen and oxygen atoms in total. The lowest BCUT2D eigenvalue weighted by molar-refractivity contribution is 0.113. The molecule has 3 aliphatic heterocycles. The zero-order valence-corrected chi connectivity index (χ0v) is 25.5. The number of anilines is 1. The molecule has 2 unspecified atom stereocenters. The monoisotopic (exact) mass is 595 g/mol. The van der Waals surface area contributed by atoms with Gasteiger partial charge in [-0.05, 0) is 73.7 Å². The number of terminal acetylenes is 1. The summed E-state index contributed by atoms with van der Waals surface area (Å²) in [4.78, 5) is 9.26. The molecule has 3 saturated heterocycles. The number of alkyl halides is 1. The van der Waals surface area contributed by atoms with Crippen LogP contribution in [0.1, 0.15) is 51.5 Å². The van der Waals surface area contributed by atoms with Gasteiger partial charge in [0.2, 0.25) is 0 Å². The van der Waals surface area contributed by atoms with Crippen molar-refractivity contribution in [1.29, 1.82) is 0 Å². The first-order chi connectivity index (χ1) is 21.2. The summed E-state index contributed by atoms with van der Waals surface area (Å²) in [5.41, 5.74) is 1.76. The van der Waals surface area contributed by atoms with Crippen molar-refractivity contribution in [2.24, 2.45) is 11.8 Å². The number of aromatic hydroxyl groups is 1. The Morgan fingerprint density at radius 3 is 2.66 bits per heavy atom. The highest BCUT2D eigenvalue weighted by molar-refractivity contribution is 6.04. The molecule has 3 aromatic carbocycles. The van der Waals surface area contributed by atoms with Crippen molar-refractivity contribution in [2.45, 2.75) is 57.7 Å². The number of ether oxygens (including phenoxy) is 1. The predicted octanol–water partition coefficient (Wildman–Crippen LogP) is 7.71. The first-order valence-corrected chi connectivity index (χ1v) is 15.9. The lowest BCUT2D eigenvalue weighted by Crippen LogP contribution is -2.43. The summed E-state index contributed by atoms with van der Waals surface area (Å²) in [7, 11) is 0. The summed E-state index contributed by atoms with van der Waals surface area (Å²) >= 11 is 0. The average molecular weight is 596 g/mol. The SMILES string of the molecule is C#Cc1cccc2cc(O)cc(-c3ncc4c(N5CC(C)CCC(C)C5)cc(OC[C@@]56CCCN5C[C@H](F)C6)cc4c3F)c12.